The summed E-state index contributed by atoms with van der Waals surface area (Å²) in [5.74, 6) is 0.788. The lowest BCUT2D eigenvalue weighted by Gasteiger charge is -2.02. The third-order valence-corrected chi connectivity index (χ3v) is 2.36. The van der Waals surface area contributed by atoms with Gasteiger partial charge in [0.15, 0.2) is 0 Å². The number of methoxy groups -OCH3 is 1. The molecule has 1 N–H and O–H groups in total. The molecule has 0 spiro atoms. The minimum Gasteiger partial charge on any atom is -0.495 e. The molecule has 1 heterocycles. The Morgan fingerprint density at radius 3 is 2.85 bits per heavy atom. The number of nitrogens with one attached hydrogen (secondary N) is 1. The van der Waals surface area contributed by atoms with Gasteiger partial charge in [0, 0.05) is 22.7 Å². The van der Waals surface area contributed by atoms with Crippen LogP contribution in [0.25, 0.3) is 10.9 Å². The Morgan fingerprint density at radius 2 is 2.15 bits per heavy atom. The summed E-state index contributed by atoms with van der Waals surface area (Å²) in [5, 5.41) is 1.82. The topological polar surface area (TPSA) is 25.0 Å². The maximum Gasteiger partial charge on any atom is 0.144 e. The van der Waals surface area contributed by atoms with Crippen LogP contribution in [0.4, 0.5) is 0 Å². The number of ether oxygens (including phenoxy) is 1. The van der Waals surface area contributed by atoms with Crippen molar-refractivity contribution in [2.75, 3.05) is 7.11 Å². The molecule has 68 valence electrons. The van der Waals surface area contributed by atoms with Gasteiger partial charge in [-0.15, -0.1) is 0 Å². The molecule has 0 unspecified atom stereocenters. The first-order valence-electron chi connectivity index (χ1n) is 4.03. The lowest BCUT2D eigenvalue weighted by Crippen LogP contribution is -1.84. The number of hydrogen-bond acceptors (Lipinski definition) is 1. The lowest BCUT2D eigenvalue weighted by molar-refractivity contribution is 0.419. The highest BCUT2D eigenvalue weighted by Gasteiger charge is 2.06. The number of H-pyrrole nitrogens is 1. The van der Waals surface area contributed by atoms with Crippen molar-refractivity contribution in [3.05, 3.63) is 28.9 Å². The highest BCUT2D eigenvalue weighted by Crippen LogP contribution is 2.30. The Balaban J connectivity index is 2.84. The lowest BCUT2D eigenvalue weighted by atomic mass is 10.2. The highest BCUT2D eigenvalue weighted by molar-refractivity contribution is 6.31. The average molecular weight is 196 g/mol. The number of rotatable bonds is 1. The fourth-order valence-corrected chi connectivity index (χ4v) is 1.67. The zero-order chi connectivity index (χ0) is 9.42. The van der Waals surface area contributed by atoms with Crippen LogP contribution >= 0.6 is 11.6 Å². The molecule has 0 bridgehead atoms. The predicted octanol–water partition coefficient (Wildman–Crippen LogP) is 3.14. The van der Waals surface area contributed by atoms with Gasteiger partial charge in [-0.2, -0.15) is 0 Å². The second-order valence-corrected chi connectivity index (χ2v) is 3.44. The molecule has 0 aliphatic carbocycles. The first kappa shape index (κ1) is 8.45. The number of aromatic nitrogens is 1. The van der Waals surface area contributed by atoms with Crippen LogP contribution in [0.2, 0.25) is 5.02 Å². The highest BCUT2D eigenvalue weighted by atomic mass is 35.5. The molecule has 1 aromatic carbocycles. The Labute approximate surface area is 81.5 Å². The Bertz CT molecular complexity index is 447. The fraction of sp³-hybridized carbons (Fsp3) is 0.200. The second kappa shape index (κ2) is 2.96. The van der Waals surface area contributed by atoms with Crippen LogP contribution in [-0.2, 0) is 0 Å². The van der Waals surface area contributed by atoms with Gasteiger partial charge in [0.2, 0.25) is 0 Å². The van der Waals surface area contributed by atoms with Crippen LogP contribution in [0, 0.1) is 6.92 Å². The van der Waals surface area contributed by atoms with E-state index in [4.69, 9.17) is 16.3 Å². The van der Waals surface area contributed by atoms with Gasteiger partial charge >= 0.3 is 0 Å². The first-order valence-corrected chi connectivity index (χ1v) is 4.41. The first-order chi connectivity index (χ1) is 6.22. The smallest absolute Gasteiger partial charge is 0.144 e. The van der Waals surface area contributed by atoms with Crippen LogP contribution in [-0.4, -0.2) is 12.1 Å². The largest absolute Gasteiger partial charge is 0.495 e. The molecule has 0 saturated heterocycles. The van der Waals surface area contributed by atoms with Crippen LogP contribution in [0.3, 0.4) is 0 Å². The molecular weight excluding hydrogens is 186 g/mol. The SMILES string of the molecule is COc1cc(Cl)cc2c(C)c[nH]c12. The van der Waals surface area contributed by atoms with Crippen molar-refractivity contribution in [2.45, 2.75) is 6.92 Å². The Kier molecular flexibility index (Phi) is 1.93. The zero-order valence-electron chi connectivity index (χ0n) is 7.52. The van der Waals surface area contributed by atoms with E-state index in [1.54, 1.807) is 13.2 Å². The van der Waals surface area contributed by atoms with E-state index >= 15 is 0 Å². The molecule has 0 aliphatic rings. The van der Waals surface area contributed by atoms with E-state index in [0.29, 0.717) is 5.02 Å². The number of halogens is 1. The predicted molar refractivity (Wildman–Crippen MR) is 54.6 cm³/mol. The van der Waals surface area contributed by atoms with Gasteiger partial charge in [0.1, 0.15) is 5.75 Å². The molecule has 1 aromatic heterocycles. The fourth-order valence-electron chi connectivity index (χ4n) is 1.46. The van der Waals surface area contributed by atoms with Crippen molar-refractivity contribution in [3.8, 4) is 5.75 Å². The number of aryl methyl sites for hydroxylation is 1. The second-order valence-electron chi connectivity index (χ2n) is 3.00. The van der Waals surface area contributed by atoms with Gasteiger partial charge in [-0.05, 0) is 18.6 Å². The molecule has 3 heteroatoms. The van der Waals surface area contributed by atoms with Crippen molar-refractivity contribution in [3.63, 3.8) is 0 Å². The minimum atomic E-state index is 0.701. The van der Waals surface area contributed by atoms with E-state index < -0.39 is 0 Å². The van der Waals surface area contributed by atoms with E-state index in [0.717, 1.165) is 16.7 Å². The van der Waals surface area contributed by atoms with Crippen molar-refractivity contribution in [1.29, 1.82) is 0 Å². The van der Waals surface area contributed by atoms with Crippen LogP contribution < -0.4 is 4.74 Å². The van der Waals surface area contributed by atoms with E-state index in [1.807, 2.05) is 19.2 Å². The van der Waals surface area contributed by atoms with Crippen LogP contribution in [0.5, 0.6) is 5.75 Å². The summed E-state index contributed by atoms with van der Waals surface area (Å²) in [4.78, 5) is 3.15. The number of benzene rings is 1. The molecule has 2 aromatic rings. The van der Waals surface area contributed by atoms with Crippen molar-refractivity contribution in [1.82, 2.24) is 4.98 Å². The molecule has 13 heavy (non-hydrogen) atoms. The molecule has 0 fully saturated rings. The molecule has 0 amide bonds. The quantitative estimate of drug-likeness (QED) is 0.743. The monoisotopic (exact) mass is 195 g/mol. The van der Waals surface area contributed by atoms with E-state index in [2.05, 4.69) is 4.98 Å². The van der Waals surface area contributed by atoms with E-state index in [1.165, 1.54) is 5.56 Å². The summed E-state index contributed by atoms with van der Waals surface area (Å²) in [6.07, 6.45) is 1.95. The Hall–Kier alpha value is -1.15. The van der Waals surface area contributed by atoms with Crippen LogP contribution in [0.1, 0.15) is 5.56 Å². The van der Waals surface area contributed by atoms with E-state index in [-0.39, 0.29) is 0 Å². The summed E-state index contributed by atoms with van der Waals surface area (Å²) >= 11 is 5.94. The third-order valence-electron chi connectivity index (χ3n) is 2.14. The maximum atomic E-state index is 5.94. The van der Waals surface area contributed by atoms with Crippen molar-refractivity contribution >= 4 is 22.5 Å². The summed E-state index contributed by atoms with van der Waals surface area (Å²) in [7, 11) is 1.64. The zero-order valence-corrected chi connectivity index (χ0v) is 8.27. The summed E-state index contributed by atoms with van der Waals surface area (Å²) < 4.78 is 5.21. The van der Waals surface area contributed by atoms with Crippen LogP contribution in [0.15, 0.2) is 18.3 Å². The molecule has 2 nitrogen and oxygen atoms in total. The standard InChI is InChI=1S/C10H10ClNO/c1-6-5-12-10-8(6)3-7(11)4-9(10)13-2/h3-5,12H,1-2H3. The molecule has 2 rings (SSSR count). The van der Waals surface area contributed by atoms with Gasteiger partial charge in [-0.1, -0.05) is 11.6 Å². The summed E-state index contributed by atoms with van der Waals surface area (Å²) in [6, 6.07) is 3.74. The molecule has 0 saturated carbocycles. The van der Waals surface area contributed by atoms with Crippen molar-refractivity contribution < 1.29 is 4.74 Å². The van der Waals surface area contributed by atoms with Gasteiger partial charge in [0.25, 0.3) is 0 Å². The molecule has 0 atom stereocenters. The van der Waals surface area contributed by atoms with Gasteiger partial charge in [-0.3, -0.25) is 0 Å². The van der Waals surface area contributed by atoms with Gasteiger partial charge < -0.3 is 9.72 Å². The summed E-state index contributed by atoms with van der Waals surface area (Å²) in [6.45, 7) is 2.04. The number of aromatic amines is 1. The third kappa shape index (κ3) is 1.27. The molecule has 0 aliphatic heterocycles. The normalized spacial score (nSPS) is 10.7. The van der Waals surface area contributed by atoms with E-state index in [9.17, 15) is 0 Å². The maximum absolute atomic E-state index is 5.94. The van der Waals surface area contributed by atoms with Crippen molar-refractivity contribution in [2.24, 2.45) is 0 Å². The molecular formula is C10H10ClNO. The Morgan fingerprint density at radius 1 is 1.38 bits per heavy atom. The molecule has 0 radical (unpaired) electrons. The number of hydrogen-bond donors (Lipinski definition) is 1. The van der Waals surface area contributed by atoms with Gasteiger partial charge in [-0.25, -0.2) is 0 Å². The van der Waals surface area contributed by atoms with Gasteiger partial charge in [0.05, 0.1) is 12.6 Å². The minimum absolute atomic E-state index is 0.701. The summed E-state index contributed by atoms with van der Waals surface area (Å²) in [5.41, 5.74) is 2.18. The average Bonchev–Trinajstić information content (AvgIpc) is 2.47. The number of fused-ring (bicyclic) bond motifs is 1.